The van der Waals surface area contributed by atoms with Gasteiger partial charge in [-0.3, -0.25) is 0 Å². The van der Waals surface area contributed by atoms with Crippen LogP contribution in [-0.2, 0) is 43.2 Å². The van der Waals surface area contributed by atoms with Crippen molar-refractivity contribution >= 4 is 34.4 Å². The van der Waals surface area contributed by atoms with Gasteiger partial charge in [0, 0.05) is 32.1 Å². The van der Waals surface area contributed by atoms with Crippen molar-refractivity contribution in [2.24, 2.45) is 11.1 Å². The van der Waals surface area contributed by atoms with Gasteiger partial charge in [-0.05, 0) is 109 Å². The van der Waals surface area contributed by atoms with E-state index < -0.39 is 155 Å². The van der Waals surface area contributed by atoms with Crippen molar-refractivity contribution in [1.29, 1.82) is 0 Å². The fourth-order valence-corrected chi connectivity index (χ4v) is 9.23. The van der Waals surface area contributed by atoms with Crippen LogP contribution in [-0.4, -0.2) is 193 Å². The number of carbonyl (C=O) groups is 4. The van der Waals surface area contributed by atoms with Gasteiger partial charge in [0.1, 0.15) is 58.1 Å². The van der Waals surface area contributed by atoms with Crippen LogP contribution in [0.2, 0.25) is 0 Å². The lowest BCUT2D eigenvalue weighted by atomic mass is 9.72. The number of ether oxygens (including phenoxy) is 7. The molecule has 4 amide bonds. The van der Waals surface area contributed by atoms with Crippen molar-refractivity contribution in [3.05, 3.63) is 16.7 Å². The van der Waals surface area contributed by atoms with E-state index in [1.54, 1.807) is 89.2 Å². The number of nitroso groups, excluding NO2 is 1. The Balaban J connectivity index is 2.20. The highest BCUT2D eigenvalue weighted by molar-refractivity contribution is 7.89. The number of nitrogens with one attached hydrogen (secondary N) is 5. The van der Waals surface area contributed by atoms with E-state index in [-0.39, 0.29) is 31.7 Å². The lowest BCUT2D eigenvalue weighted by molar-refractivity contribution is -0.305. The molecule has 0 spiro atoms. The molecule has 3 rings (SSSR count). The molecule has 2 fully saturated rings. The molecule has 1 saturated carbocycles. The Kier molecular flexibility index (Phi) is 20.7. The van der Waals surface area contributed by atoms with Gasteiger partial charge in [0.2, 0.25) is 10.0 Å². The second-order valence-corrected chi connectivity index (χ2v) is 23.9. The Morgan fingerprint density at radius 3 is 1.93 bits per heavy atom. The molecule has 0 aromatic carbocycles. The first-order valence-corrected chi connectivity index (χ1v) is 24.9. The molecule has 404 valence electrons. The second-order valence-electron chi connectivity index (χ2n) is 22.0. The molecule has 25 nitrogen and oxygen atoms in total. The van der Waals surface area contributed by atoms with Gasteiger partial charge in [-0.2, -0.15) is 4.91 Å². The number of amides is 4. The van der Waals surface area contributed by atoms with Gasteiger partial charge in [0.25, 0.3) is 0 Å². The largest absolute Gasteiger partial charge is 0.491 e. The van der Waals surface area contributed by atoms with Crippen LogP contribution in [0, 0.1) is 10.8 Å². The summed E-state index contributed by atoms with van der Waals surface area (Å²) in [5, 5.41) is 59.6. The summed E-state index contributed by atoms with van der Waals surface area (Å²) in [6.45, 7) is 19.3. The number of hydrogen-bond donors (Lipinski definition) is 9. The number of hydrogen-bond acceptors (Lipinski definition) is 20. The Morgan fingerprint density at radius 1 is 0.857 bits per heavy atom. The number of likely N-dealkylation sites (N-methyl/N-ethyl adjacent to an activating group) is 1. The molecule has 3 aliphatic rings. The van der Waals surface area contributed by atoms with E-state index in [1.807, 2.05) is 0 Å². The third kappa shape index (κ3) is 19.1. The van der Waals surface area contributed by atoms with Crippen molar-refractivity contribution in [3.63, 3.8) is 0 Å². The second kappa shape index (κ2) is 24.0. The minimum absolute atomic E-state index is 0.0388. The number of sulfonamides is 1. The van der Waals surface area contributed by atoms with Gasteiger partial charge in [-0.1, -0.05) is 5.18 Å². The first-order valence-electron chi connectivity index (χ1n) is 23.2. The maximum atomic E-state index is 13.9. The summed E-state index contributed by atoms with van der Waals surface area (Å²) in [6, 6.07) is -6.21. The average Bonchev–Trinajstić information content (AvgIpc) is 3.16. The van der Waals surface area contributed by atoms with Crippen LogP contribution < -0.4 is 26.0 Å². The molecule has 2 unspecified atom stereocenters. The summed E-state index contributed by atoms with van der Waals surface area (Å²) in [7, 11) is -3.15. The SMILES string of the molecule is CN(C(=O)OC(C)(C)C)[C@@H]1[C@@H](O)[C@@H](O[C@H]2[C@H](NS(=O)(=O)CCNC(=O)OC(C)(C)C)C[C@H](NC(=O)OC(C)(C)C)C([C@H]3OC(CNCC(CO)N=O)=CC[C@H]3NC(=O)OC(C)(C)C)[C@@H]2O)OC[C@]1(C)O. The number of rotatable bonds is 17. The summed E-state index contributed by atoms with van der Waals surface area (Å²) in [4.78, 5) is 65.0. The summed E-state index contributed by atoms with van der Waals surface area (Å²) in [5.41, 5.74) is -5.75. The smallest absolute Gasteiger partial charge is 0.410 e. The third-order valence-corrected chi connectivity index (χ3v) is 12.1. The molecule has 2 heterocycles. The highest BCUT2D eigenvalue weighted by Crippen LogP contribution is 2.39. The Morgan fingerprint density at radius 2 is 1.40 bits per heavy atom. The highest BCUT2D eigenvalue weighted by Gasteiger charge is 2.57. The number of nitrogens with zero attached hydrogens (tertiary/aromatic N) is 2. The van der Waals surface area contributed by atoms with E-state index >= 15 is 0 Å². The monoisotopic (exact) mass is 1030 g/mol. The molecule has 26 heteroatoms. The molecule has 0 bridgehead atoms. The van der Waals surface area contributed by atoms with Crippen molar-refractivity contribution in [2.75, 3.05) is 45.6 Å². The van der Waals surface area contributed by atoms with Crippen molar-refractivity contribution in [2.45, 2.75) is 192 Å². The lowest BCUT2D eigenvalue weighted by Crippen LogP contribution is -2.71. The fourth-order valence-electron chi connectivity index (χ4n) is 8.05. The number of carbonyl (C=O) groups excluding carboxylic acids is 4. The van der Waals surface area contributed by atoms with Gasteiger partial charge >= 0.3 is 24.4 Å². The number of aliphatic hydroxyl groups is 4. The van der Waals surface area contributed by atoms with E-state index in [2.05, 4.69) is 31.2 Å². The van der Waals surface area contributed by atoms with Crippen molar-refractivity contribution < 1.29 is 81.2 Å². The maximum absolute atomic E-state index is 13.9. The molecule has 0 aromatic heterocycles. The van der Waals surface area contributed by atoms with Crippen LogP contribution in [0.3, 0.4) is 0 Å². The molecule has 0 radical (unpaired) electrons. The van der Waals surface area contributed by atoms with E-state index in [4.69, 9.17) is 33.2 Å². The zero-order valence-electron chi connectivity index (χ0n) is 42.9. The van der Waals surface area contributed by atoms with Crippen molar-refractivity contribution in [3.8, 4) is 0 Å². The van der Waals surface area contributed by atoms with Gasteiger partial charge in [0.15, 0.2) is 6.29 Å². The van der Waals surface area contributed by atoms with E-state index in [0.717, 1.165) is 4.90 Å². The molecule has 1 saturated heterocycles. The van der Waals surface area contributed by atoms with Crippen LogP contribution in [0.5, 0.6) is 0 Å². The topological polar surface area (TPSA) is 341 Å². The van der Waals surface area contributed by atoms with E-state index in [9.17, 15) is 52.9 Å². The summed E-state index contributed by atoms with van der Waals surface area (Å²) in [6.07, 6.45) is -10.9. The van der Waals surface area contributed by atoms with Gasteiger partial charge < -0.3 is 79.8 Å². The van der Waals surface area contributed by atoms with Gasteiger partial charge in [-0.25, -0.2) is 32.3 Å². The molecule has 12 atom stereocenters. The van der Waals surface area contributed by atoms with Crippen LogP contribution in [0.4, 0.5) is 19.2 Å². The van der Waals surface area contributed by atoms with Crippen LogP contribution in [0.25, 0.3) is 0 Å². The van der Waals surface area contributed by atoms with Gasteiger partial charge in [-0.15, -0.1) is 0 Å². The number of alkyl carbamates (subject to hydrolysis) is 3. The predicted octanol–water partition coefficient (Wildman–Crippen LogP) is 1.45. The maximum Gasteiger partial charge on any atom is 0.410 e. The van der Waals surface area contributed by atoms with Crippen LogP contribution >= 0.6 is 0 Å². The molecule has 2 aliphatic heterocycles. The molecule has 0 aromatic rings. The van der Waals surface area contributed by atoms with Crippen molar-refractivity contribution in [1.82, 2.24) is 30.9 Å². The summed E-state index contributed by atoms with van der Waals surface area (Å²) in [5.74, 6) is -1.81. The van der Waals surface area contributed by atoms with Gasteiger partial charge in [0.05, 0.1) is 49.7 Å². The van der Waals surface area contributed by atoms with Crippen LogP contribution in [0.1, 0.15) is 103 Å². The van der Waals surface area contributed by atoms with E-state index in [1.165, 1.54) is 14.0 Å². The third-order valence-electron chi connectivity index (χ3n) is 10.7. The zero-order chi connectivity index (χ0) is 53.4. The number of aliphatic hydroxyl groups excluding tert-OH is 3. The minimum atomic E-state index is -4.44. The molecular formula is C44H79N7O18S. The Bertz CT molecular complexity index is 1930. The summed E-state index contributed by atoms with van der Waals surface area (Å²) >= 11 is 0. The average molecular weight is 1030 g/mol. The highest BCUT2D eigenvalue weighted by atomic mass is 32.2. The quantitative estimate of drug-likeness (QED) is 0.0735. The predicted molar refractivity (Wildman–Crippen MR) is 252 cm³/mol. The Hall–Kier alpha value is -4.15. The first-order chi connectivity index (χ1) is 31.9. The summed E-state index contributed by atoms with van der Waals surface area (Å²) < 4.78 is 71.1. The fraction of sp³-hybridized carbons (Fsp3) is 0.864. The normalized spacial score (nSPS) is 29.3. The molecule has 70 heavy (non-hydrogen) atoms. The first kappa shape index (κ1) is 60.2. The minimum Gasteiger partial charge on any atom is -0.491 e. The molecule has 1 aliphatic carbocycles. The van der Waals surface area contributed by atoms with Crippen LogP contribution in [0.15, 0.2) is 17.0 Å². The standard InChI is InChI=1S/C44H79N7O18S/c1-40(2,3)66-36(55)46-17-18-70(61,62)50-28-19-27(48-38(57)68-42(7,8)9)29(32-26(47-37(56)67-41(4,5)6)16-15-25(64-32)21-45-20-24(22-52)49-60)30(53)33(28)65-35-31(54)34(44(13,59)23-63-35)51(14)39(58)69-43(10,11)12/h15,24,26-35,45,50,52-54,59H,16-23H2,1-14H3,(H,46,55)(H,47,56)(H,48,57)/t24?,26-,27+,28-,29?,30+,31-,32+,33+,34-,35-,44+/m1/s1. The Labute approximate surface area is 410 Å². The lowest BCUT2D eigenvalue weighted by Gasteiger charge is -2.52. The molecular weight excluding hydrogens is 947 g/mol. The van der Waals surface area contributed by atoms with E-state index in [0.29, 0.717) is 0 Å². The molecule has 9 N–H and O–H groups in total. The zero-order valence-corrected chi connectivity index (χ0v) is 43.7.